The maximum atomic E-state index is 4.55. The summed E-state index contributed by atoms with van der Waals surface area (Å²) in [5, 5.41) is 8.78. The minimum atomic E-state index is 0.896. The molecule has 0 fully saturated rings. The van der Waals surface area contributed by atoms with Gasteiger partial charge in [0.1, 0.15) is 18.3 Å². The molecule has 0 bridgehead atoms. The molecule has 0 amide bonds. The largest absolute Gasteiger partial charge is 0.231 e. The van der Waals surface area contributed by atoms with Gasteiger partial charge >= 0.3 is 0 Å². The first-order valence-electron chi connectivity index (χ1n) is 6.97. The second-order valence-electron chi connectivity index (χ2n) is 4.83. The predicted octanol–water partition coefficient (Wildman–Crippen LogP) is 3.12. The zero-order valence-corrected chi connectivity index (χ0v) is 11.7. The Hall–Kier alpha value is -3.21. The average Bonchev–Trinajstić information content (AvgIpc) is 3.25. The minimum Gasteiger partial charge on any atom is -0.231 e. The summed E-state index contributed by atoms with van der Waals surface area (Å²) in [6.07, 6.45) is 5.01. The Labute approximate surface area is 127 Å². The number of benzene rings is 2. The lowest BCUT2D eigenvalue weighted by atomic mass is 10.1. The van der Waals surface area contributed by atoms with Gasteiger partial charge in [0, 0.05) is 5.56 Å². The molecule has 22 heavy (non-hydrogen) atoms. The molecule has 2 aromatic heterocycles. The molecule has 0 aliphatic carbocycles. The Morgan fingerprint density at radius 2 is 1.50 bits per heavy atom. The predicted molar refractivity (Wildman–Crippen MR) is 83.9 cm³/mol. The van der Waals surface area contributed by atoms with E-state index in [1.165, 1.54) is 6.33 Å². The molecule has 4 rings (SSSR count). The Kier molecular flexibility index (Phi) is 3.01. The van der Waals surface area contributed by atoms with E-state index in [1.54, 1.807) is 11.0 Å². The highest BCUT2D eigenvalue weighted by molar-refractivity contribution is 5.70. The van der Waals surface area contributed by atoms with E-state index in [2.05, 4.69) is 27.3 Å². The van der Waals surface area contributed by atoms with Crippen molar-refractivity contribution >= 4 is 0 Å². The van der Waals surface area contributed by atoms with Gasteiger partial charge in [-0.05, 0) is 12.1 Å². The van der Waals surface area contributed by atoms with Crippen LogP contribution >= 0.6 is 0 Å². The van der Waals surface area contributed by atoms with Crippen molar-refractivity contribution < 1.29 is 0 Å². The highest BCUT2D eigenvalue weighted by Crippen LogP contribution is 2.28. The summed E-state index contributed by atoms with van der Waals surface area (Å²) in [6.45, 7) is 0. The summed E-state index contributed by atoms with van der Waals surface area (Å²) >= 11 is 0. The molecule has 0 radical (unpaired) electrons. The van der Waals surface area contributed by atoms with E-state index in [0.29, 0.717) is 0 Å². The topological polar surface area (TPSA) is 48.5 Å². The molecule has 2 aromatic carbocycles. The summed E-state index contributed by atoms with van der Waals surface area (Å²) in [4.78, 5) is 4.03. The van der Waals surface area contributed by atoms with E-state index in [4.69, 9.17) is 0 Å². The molecule has 2 heterocycles. The lowest BCUT2D eigenvalue weighted by Crippen LogP contribution is -2.01. The standard InChI is InChI=1S/C17H13N5/c1-3-7-14(8-4-1)17-16(21-13-18-12-20-21)11-19-22(17)15-9-5-2-6-10-15/h1-13H. The van der Waals surface area contributed by atoms with Crippen LogP contribution in [0.5, 0.6) is 0 Å². The van der Waals surface area contributed by atoms with Crippen LogP contribution in [-0.4, -0.2) is 24.5 Å². The molecular weight excluding hydrogens is 274 g/mol. The molecule has 5 nitrogen and oxygen atoms in total. The fraction of sp³-hybridized carbons (Fsp3) is 0. The summed E-state index contributed by atoms with van der Waals surface area (Å²) in [5.41, 5.74) is 3.96. The lowest BCUT2D eigenvalue weighted by molar-refractivity contribution is 0.875. The maximum Gasteiger partial charge on any atom is 0.138 e. The van der Waals surface area contributed by atoms with Crippen molar-refractivity contribution in [2.75, 3.05) is 0 Å². The van der Waals surface area contributed by atoms with Crippen LogP contribution in [0.15, 0.2) is 79.5 Å². The molecule has 0 aliphatic rings. The minimum absolute atomic E-state index is 0.896. The van der Waals surface area contributed by atoms with Gasteiger partial charge in [-0.15, -0.1) is 0 Å². The van der Waals surface area contributed by atoms with Crippen LogP contribution in [0.1, 0.15) is 0 Å². The van der Waals surface area contributed by atoms with Gasteiger partial charge in [0.15, 0.2) is 0 Å². The highest BCUT2D eigenvalue weighted by Gasteiger charge is 2.16. The smallest absolute Gasteiger partial charge is 0.138 e. The Balaban J connectivity index is 1.97. The van der Waals surface area contributed by atoms with Crippen molar-refractivity contribution in [3.63, 3.8) is 0 Å². The molecule has 0 unspecified atom stereocenters. The second-order valence-corrected chi connectivity index (χ2v) is 4.83. The zero-order chi connectivity index (χ0) is 14.8. The zero-order valence-electron chi connectivity index (χ0n) is 11.7. The van der Waals surface area contributed by atoms with Gasteiger partial charge in [-0.25, -0.2) is 14.3 Å². The van der Waals surface area contributed by atoms with E-state index in [-0.39, 0.29) is 0 Å². The molecule has 0 atom stereocenters. The molecule has 106 valence electrons. The summed E-state index contributed by atoms with van der Waals surface area (Å²) < 4.78 is 3.65. The third-order valence-corrected chi connectivity index (χ3v) is 3.46. The normalized spacial score (nSPS) is 10.7. The van der Waals surface area contributed by atoms with Crippen molar-refractivity contribution in [2.24, 2.45) is 0 Å². The van der Waals surface area contributed by atoms with Gasteiger partial charge in [-0.2, -0.15) is 10.2 Å². The van der Waals surface area contributed by atoms with E-state index >= 15 is 0 Å². The van der Waals surface area contributed by atoms with Crippen LogP contribution in [0.3, 0.4) is 0 Å². The first-order valence-corrected chi connectivity index (χ1v) is 6.97. The van der Waals surface area contributed by atoms with Gasteiger partial charge in [-0.3, -0.25) is 0 Å². The molecule has 0 aliphatic heterocycles. The summed E-state index contributed by atoms with van der Waals surface area (Å²) in [6, 6.07) is 20.2. The number of hydrogen-bond donors (Lipinski definition) is 0. The fourth-order valence-electron chi connectivity index (χ4n) is 2.47. The summed E-state index contributed by atoms with van der Waals surface area (Å²) in [5.74, 6) is 0. The van der Waals surface area contributed by atoms with Crippen LogP contribution in [-0.2, 0) is 0 Å². The van der Waals surface area contributed by atoms with Crippen LogP contribution < -0.4 is 0 Å². The van der Waals surface area contributed by atoms with Crippen molar-refractivity contribution in [1.29, 1.82) is 0 Å². The quantitative estimate of drug-likeness (QED) is 0.581. The number of nitrogens with zero attached hydrogens (tertiary/aromatic N) is 5. The molecule has 0 saturated carbocycles. The van der Waals surface area contributed by atoms with Crippen LogP contribution in [0.4, 0.5) is 0 Å². The highest BCUT2D eigenvalue weighted by atomic mass is 15.4. The van der Waals surface area contributed by atoms with E-state index in [1.807, 2.05) is 59.4 Å². The Bertz CT molecular complexity index is 864. The summed E-state index contributed by atoms with van der Waals surface area (Å²) in [7, 11) is 0. The second kappa shape index (κ2) is 5.29. The van der Waals surface area contributed by atoms with E-state index in [0.717, 1.165) is 22.6 Å². The molecule has 4 aromatic rings. The van der Waals surface area contributed by atoms with Crippen molar-refractivity contribution in [3.05, 3.63) is 79.5 Å². The fourth-order valence-corrected chi connectivity index (χ4v) is 2.47. The monoisotopic (exact) mass is 287 g/mol. The third kappa shape index (κ3) is 2.09. The third-order valence-electron chi connectivity index (χ3n) is 3.46. The van der Waals surface area contributed by atoms with Crippen molar-refractivity contribution in [1.82, 2.24) is 24.5 Å². The SMILES string of the molecule is c1ccc(-c2c(-n3cncn3)cnn2-c2ccccc2)cc1. The van der Waals surface area contributed by atoms with Crippen LogP contribution in [0, 0.1) is 0 Å². The first kappa shape index (κ1) is 12.5. The van der Waals surface area contributed by atoms with E-state index in [9.17, 15) is 0 Å². The van der Waals surface area contributed by atoms with Gasteiger partial charge in [0.05, 0.1) is 17.6 Å². The molecule has 0 saturated heterocycles. The number of aromatic nitrogens is 5. The van der Waals surface area contributed by atoms with Crippen molar-refractivity contribution in [2.45, 2.75) is 0 Å². The molecule has 0 spiro atoms. The van der Waals surface area contributed by atoms with Gasteiger partial charge in [0.2, 0.25) is 0 Å². The Morgan fingerprint density at radius 1 is 0.773 bits per heavy atom. The van der Waals surface area contributed by atoms with Crippen molar-refractivity contribution in [3.8, 4) is 22.6 Å². The first-order chi connectivity index (χ1) is 10.9. The number of rotatable bonds is 3. The lowest BCUT2D eigenvalue weighted by Gasteiger charge is -2.09. The molecular formula is C17H13N5. The average molecular weight is 287 g/mol. The molecule has 0 N–H and O–H groups in total. The number of para-hydroxylation sites is 1. The van der Waals surface area contributed by atoms with Gasteiger partial charge < -0.3 is 0 Å². The maximum absolute atomic E-state index is 4.55. The van der Waals surface area contributed by atoms with Gasteiger partial charge in [0.25, 0.3) is 0 Å². The van der Waals surface area contributed by atoms with Gasteiger partial charge in [-0.1, -0.05) is 48.5 Å². The Morgan fingerprint density at radius 3 is 2.18 bits per heavy atom. The van der Waals surface area contributed by atoms with E-state index < -0.39 is 0 Å². The van der Waals surface area contributed by atoms with Crippen LogP contribution in [0.2, 0.25) is 0 Å². The molecule has 5 heteroatoms. The van der Waals surface area contributed by atoms with Crippen LogP contribution in [0.25, 0.3) is 22.6 Å². The number of hydrogen-bond acceptors (Lipinski definition) is 3.